The average Bonchev–Trinajstić information content (AvgIpc) is 3.21. The second-order valence-electron chi connectivity index (χ2n) is 10.2. The van der Waals surface area contributed by atoms with Crippen molar-refractivity contribution in [3.05, 3.63) is 94.5 Å². The van der Waals surface area contributed by atoms with Crippen LogP contribution < -0.4 is 5.69 Å². The molecule has 2 aromatic heterocycles. The molecule has 0 fully saturated rings. The van der Waals surface area contributed by atoms with Crippen molar-refractivity contribution in [3.8, 4) is 5.69 Å². The fourth-order valence-corrected chi connectivity index (χ4v) is 4.15. The van der Waals surface area contributed by atoms with Gasteiger partial charge in [0.05, 0.1) is 18.3 Å². The van der Waals surface area contributed by atoms with Gasteiger partial charge in [-0.1, -0.05) is 42.5 Å². The molecule has 2 heterocycles. The molecule has 4 rings (SSSR count). The molecule has 0 spiro atoms. The second-order valence-corrected chi connectivity index (χ2v) is 10.2. The predicted molar refractivity (Wildman–Crippen MR) is 147 cm³/mol. The number of benzene rings is 2. The standard InChI is InChI=1S/C30H31N3O7/c1-30(2,3)40-28(36)23(27(35)39-19-21-9-6-5-7-10-21)17-20-12-14-22(15-13-20)33-26-24(11-8-16-31-26)32(29(33)37)18-25(34)38-4/h5-16,23H,17-19H2,1-4H3/t23-/m0/s1. The third-order valence-electron chi connectivity index (χ3n) is 6.04. The molecule has 0 N–H and O–H groups in total. The van der Waals surface area contributed by atoms with E-state index >= 15 is 0 Å². The zero-order valence-electron chi connectivity index (χ0n) is 22.8. The fourth-order valence-electron chi connectivity index (χ4n) is 4.15. The first-order valence-corrected chi connectivity index (χ1v) is 12.7. The Hall–Kier alpha value is -4.73. The Morgan fingerprint density at radius 3 is 2.25 bits per heavy atom. The molecule has 10 nitrogen and oxygen atoms in total. The molecule has 0 saturated heterocycles. The maximum absolute atomic E-state index is 13.3. The molecule has 0 aliphatic heterocycles. The van der Waals surface area contributed by atoms with Crippen LogP contribution in [0.25, 0.3) is 16.9 Å². The number of hydrogen-bond acceptors (Lipinski definition) is 8. The highest BCUT2D eigenvalue weighted by Crippen LogP contribution is 2.21. The number of carbonyl (C=O) groups is 3. The van der Waals surface area contributed by atoms with E-state index < -0.39 is 35.1 Å². The highest BCUT2D eigenvalue weighted by atomic mass is 16.6. The van der Waals surface area contributed by atoms with E-state index in [0.29, 0.717) is 22.4 Å². The topological polar surface area (TPSA) is 119 Å². The summed E-state index contributed by atoms with van der Waals surface area (Å²) in [5.41, 5.74) is 1.58. The Bertz CT molecular complexity index is 1570. The van der Waals surface area contributed by atoms with Crippen LogP contribution in [-0.4, -0.2) is 44.7 Å². The molecule has 4 aromatic rings. The molecule has 0 amide bonds. The Balaban J connectivity index is 1.60. The average molecular weight is 546 g/mol. The van der Waals surface area contributed by atoms with Gasteiger partial charge in [0, 0.05) is 6.20 Å². The normalized spacial score (nSPS) is 12.1. The second kappa shape index (κ2) is 12.0. The van der Waals surface area contributed by atoms with Gasteiger partial charge in [0.25, 0.3) is 0 Å². The van der Waals surface area contributed by atoms with E-state index in [1.807, 2.05) is 30.3 Å². The monoisotopic (exact) mass is 545 g/mol. The van der Waals surface area contributed by atoms with Gasteiger partial charge in [-0.05, 0) is 62.6 Å². The molecular weight excluding hydrogens is 514 g/mol. The molecule has 0 aliphatic rings. The van der Waals surface area contributed by atoms with Crippen molar-refractivity contribution in [2.45, 2.75) is 45.9 Å². The van der Waals surface area contributed by atoms with Gasteiger partial charge in [-0.3, -0.25) is 19.0 Å². The Kier molecular flexibility index (Phi) is 8.47. The zero-order chi connectivity index (χ0) is 28.9. The van der Waals surface area contributed by atoms with Gasteiger partial charge in [-0.25, -0.2) is 14.3 Å². The van der Waals surface area contributed by atoms with Gasteiger partial charge >= 0.3 is 23.6 Å². The summed E-state index contributed by atoms with van der Waals surface area (Å²) < 4.78 is 18.4. The maximum atomic E-state index is 13.3. The van der Waals surface area contributed by atoms with Gasteiger partial charge < -0.3 is 14.2 Å². The predicted octanol–water partition coefficient (Wildman–Crippen LogP) is 3.60. The maximum Gasteiger partial charge on any atom is 0.335 e. The van der Waals surface area contributed by atoms with Crippen LogP contribution in [0.15, 0.2) is 77.7 Å². The van der Waals surface area contributed by atoms with Crippen LogP contribution in [0.3, 0.4) is 0 Å². The minimum atomic E-state index is -1.18. The smallest absolute Gasteiger partial charge is 0.335 e. The molecule has 0 bridgehead atoms. The number of esters is 3. The van der Waals surface area contributed by atoms with E-state index in [2.05, 4.69) is 4.98 Å². The molecule has 10 heteroatoms. The van der Waals surface area contributed by atoms with Crippen LogP contribution >= 0.6 is 0 Å². The first-order valence-electron chi connectivity index (χ1n) is 12.7. The van der Waals surface area contributed by atoms with E-state index in [0.717, 1.165) is 5.56 Å². The van der Waals surface area contributed by atoms with Crippen LogP contribution in [0.2, 0.25) is 0 Å². The Labute approximate surface area is 231 Å². The molecule has 40 heavy (non-hydrogen) atoms. The summed E-state index contributed by atoms with van der Waals surface area (Å²) in [6, 6.07) is 19.4. The fraction of sp³-hybridized carbons (Fsp3) is 0.300. The van der Waals surface area contributed by atoms with E-state index in [1.165, 1.54) is 16.2 Å². The minimum Gasteiger partial charge on any atom is -0.468 e. The lowest BCUT2D eigenvalue weighted by molar-refractivity contribution is -0.169. The van der Waals surface area contributed by atoms with Crippen LogP contribution in [-0.2, 0) is 48.2 Å². The number of methoxy groups -OCH3 is 1. The molecule has 1 atom stereocenters. The first kappa shape index (κ1) is 28.3. The summed E-state index contributed by atoms with van der Waals surface area (Å²) in [4.78, 5) is 55.5. The molecule has 0 saturated carbocycles. The summed E-state index contributed by atoms with van der Waals surface area (Å²) in [6.45, 7) is 4.96. The lowest BCUT2D eigenvalue weighted by Gasteiger charge is -2.23. The molecule has 2 aromatic carbocycles. The van der Waals surface area contributed by atoms with Crippen molar-refractivity contribution < 1.29 is 28.6 Å². The highest BCUT2D eigenvalue weighted by molar-refractivity contribution is 5.95. The van der Waals surface area contributed by atoms with Crippen LogP contribution in [0.1, 0.15) is 31.9 Å². The van der Waals surface area contributed by atoms with Crippen molar-refractivity contribution in [1.29, 1.82) is 0 Å². The Morgan fingerprint density at radius 1 is 0.900 bits per heavy atom. The quantitative estimate of drug-likeness (QED) is 0.178. The number of ether oxygens (including phenoxy) is 3. The van der Waals surface area contributed by atoms with Gasteiger partial charge in [-0.2, -0.15) is 0 Å². The minimum absolute atomic E-state index is 0.0312. The Morgan fingerprint density at radius 2 is 1.60 bits per heavy atom. The number of nitrogens with zero attached hydrogens (tertiary/aromatic N) is 3. The van der Waals surface area contributed by atoms with Crippen molar-refractivity contribution >= 4 is 29.1 Å². The summed E-state index contributed by atoms with van der Waals surface area (Å²) in [5.74, 6) is -3.11. The van der Waals surface area contributed by atoms with Gasteiger partial charge in [-0.15, -0.1) is 0 Å². The van der Waals surface area contributed by atoms with Crippen molar-refractivity contribution in [2.75, 3.05) is 7.11 Å². The SMILES string of the molecule is COC(=O)Cn1c(=O)n(-c2ccc(C[C@@H](C(=O)OCc3ccccc3)C(=O)OC(C)(C)C)cc2)c2ncccc21. The summed E-state index contributed by atoms with van der Waals surface area (Å²) in [7, 11) is 1.26. The number of rotatable bonds is 9. The van der Waals surface area contributed by atoms with Crippen LogP contribution in [0.5, 0.6) is 0 Å². The van der Waals surface area contributed by atoms with Crippen molar-refractivity contribution in [3.63, 3.8) is 0 Å². The van der Waals surface area contributed by atoms with Gasteiger partial charge in [0.2, 0.25) is 0 Å². The third-order valence-corrected chi connectivity index (χ3v) is 6.04. The van der Waals surface area contributed by atoms with Crippen molar-refractivity contribution in [1.82, 2.24) is 14.1 Å². The first-order chi connectivity index (χ1) is 19.1. The number of hydrogen-bond donors (Lipinski definition) is 0. The zero-order valence-corrected chi connectivity index (χ0v) is 22.8. The van der Waals surface area contributed by atoms with Crippen LogP contribution in [0.4, 0.5) is 0 Å². The van der Waals surface area contributed by atoms with E-state index in [1.54, 1.807) is 63.4 Å². The molecule has 0 radical (unpaired) electrons. The lowest BCUT2D eigenvalue weighted by Crippen LogP contribution is -2.35. The van der Waals surface area contributed by atoms with Gasteiger partial charge in [0.1, 0.15) is 18.8 Å². The van der Waals surface area contributed by atoms with Gasteiger partial charge in [0.15, 0.2) is 11.6 Å². The summed E-state index contributed by atoms with van der Waals surface area (Å²) in [6.07, 6.45) is 1.60. The number of fused-ring (bicyclic) bond motifs is 1. The molecule has 208 valence electrons. The van der Waals surface area contributed by atoms with E-state index in [9.17, 15) is 19.2 Å². The third kappa shape index (κ3) is 6.63. The summed E-state index contributed by atoms with van der Waals surface area (Å²) >= 11 is 0. The molecule has 0 aliphatic carbocycles. The molecular formula is C30H31N3O7. The molecule has 0 unspecified atom stereocenters. The summed E-state index contributed by atoms with van der Waals surface area (Å²) in [5, 5.41) is 0. The largest absolute Gasteiger partial charge is 0.468 e. The van der Waals surface area contributed by atoms with E-state index in [4.69, 9.17) is 14.2 Å². The van der Waals surface area contributed by atoms with E-state index in [-0.39, 0.29) is 19.6 Å². The van der Waals surface area contributed by atoms with Crippen molar-refractivity contribution in [2.24, 2.45) is 5.92 Å². The number of aromatic nitrogens is 3. The lowest BCUT2D eigenvalue weighted by atomic mass is 9.98. The number of imidazole rings is 1. The highest BCUT2D eigenvalue weighted by Gasteiger charge is 2.33. The number of pyridine rings is 1. The van der Waals surface area contributed by atoms with Crippen LogP contribution in [0, 0.1) is 5.92 Å². The number of carbonyl (C=O) groups excluding carboxylic acids is 3.